The van der Waals surface area contributed by atoms with Crippen LogP contribution in [0.25, 0.3) is 10.2 Å². The van der Waals surface area contributed by atoms with Gasteiger partial charge in [-0.25, -0.2) is 13.4 Å². The predicted molar refractivity (Wildman–Crippen MR) is 103 cm³/mol. The van der Waals surface area contributed by atoms with Gasteiger partial charge in [0, 0.05) is 12.8 Å². The fourth-order valence-electron chi connectivity index (χ4n) is 2.98. The fraction of sp³-hybridized carbons (Fsp3) is 0.167. The van der Waals surface area contributed by atoms with Crippen molar-refractivity contribution in [3.63, 3.8) is 0 Å². The Morgan fingerprint density at radius 2 is 1.78 bits per heavy atom. The summed E-state index contributed by atoms with van der Waals surface area (Å²) in [6, 6.07) is 11.7. The molecule has 0 saturated carbocycles. The zero-order valence-corrected chi connectivity index (χ0v) is 15.9. The number of aromatic nitrogens is 1. The summed E-state index contributed by atoms with van der Waals surface area (Å²) >= 11 is 1.25. The maximum atomic E-state index is 12.7. The minimum Gasteiger partial charge on any atom is -0.274 e. The van der Waals surface area contributed by atoms with E-state index in [2.05, 4.69) is 9.71 Å². The number of imide groups is 1. The third-order valence-electron chi connectivity index (χ3n) is 4.29. The second-order valence-electron chi connectivity index (χ2n) is 6.16. The number of para-hydroxylation sites is 1. The van der Waals surface area contributed by atoms with Crippen molar-refractivity contribution in [2.45, 2.75) is 24.7 Å². The van der Waals surface area contributed by atoms with Crippen LogP contribution in [0.3, 0.4) is 0 Å². The van der Waals surface area contributed by atoms with Crippen LogP contribution >= 0.6 is 11.3 Å². The van der Waals surface area contributed by atoms with Crippen LogP contribution in [-0.4, -0.2) is 25.2 Å². The molecule has 2 aromatic carbocycles. The van der Waals surface area contributed by atoms with Gasteiger partial charge in [0.2, 0.25) is 11.8 Å². The number of nitrogens with zero attached hydrogens (tertiary/aromatic N) is 2. The summed E-state index contributed by atoms with van der Waals surface area (Å²) in [6.45, 7) is 1.67. The van der Waals surface area contributed by atoms with Gasteiger partial charge in [0.15, 0.2) is 5.13 Å². The van der Waals surface area contributed by atoms with E-state index in [1.807, 2.05) is 24.3 Å². The van der Waals surface area contributed by atoms with E-state index in [1.54, 1.807) is 6.92 Å². The maximum Gasteiger partial charge on any atom is 0.263 e. The van der Waals surface area contributed by atoms with Crippen LogP contribution in [0.4, 0.5) is 10.8 Å². The summed E-state index contributed by atoms with van der Waals surface area (Å²) in [6.07, 6.45) is 0.356. The Labute approximate surface area is 159 Å². The number of aryl methyl sites for hydroxylation is 1. The van der Waals surface area contributed by atoms with Gasteiger partial charge in [-0.3, -0.25) is 19.2 Å². The first kappa shape index (κ1) is 17.6. The number of fused-ring (bicyclic) bond motifs is 1. The number of carbonyl (C=O) groups excluding carboxylic acids is 2. The van der Waals surface area contributed by atoms with Crippen molar-refractivity contribution in [1.29, 1.82) is 0 Å². The Bertz CT molecular complexity index is 1140. The summed E-state index contributed by atoms with van der Waals surface area (Å²) < 4.78 is 28.8. The van der Waals surface area contributed by atoms with E-state index in [0.29, 0.717) is 11.3 Å². The highest BCUT2D eigenvalue weighted by molar-refractivity contribution is 7.93. The number of nitrogens with one attached hydrogen (secondary N) is 1. The van der Waals surface area contributed by atoms with Crippen molar-refractivity contribution >= 4 is 54.2 Å². The predicted octanol–water partition coefficient (Wildman–Crippen LogP) is 3.06. The first-order valence-electron chi connectivity index (χ1n) is 8.20. The van der Waals surface area contributed by atoms with Crippen LogP contribution in [0.15, 0.2) is 47.4 Å². The molecule has 2 heterocycles. The molecule has 0 bridgehead atoms. The number of sulfonamides is 1. The van der Waals surface area contributed by atoms with Gasteiger partial charge in [-0.1, -0.05) is 23.5 Å². The molecule has 0 spiro atoms. The average molecular weight is 401 g/mol. The molecule has 0 unspecified atom stereocenters. The van der Waals surface area contributed by atoms with Crippen LogP contribution in [0.2, 0.25) is 0 Å². The molecule has 1 aromatic heterocycles. The molecular weight excluding hydrogens is 386 g/mol. The van der Waals surface area contributed by atoms with Crippen molar-refractivity contribution in [2.75, 3.05) is 9.62 Å². The Morgan fingerprint density at radius 1 is 1.07 bits per heavy atom. The second-order valence-corrected chi connectivity index (χ2v) is 8.88. The third-order valence-corrected chi connectivity index (χ3v) is 6.70. The molecule has 1 fully saturated rings. The topological polar surface area (TPSA) is 96.4 Å². The van der Waals surface area contributed by atoms with Gasteiger partial charge < -0.3 is 0 Å². The van der Waals surface area contributed by atoms with E-state index in [4.69, 9.17) is 0 Å². The molecule has 1 aliphatic rings. The van der Waals surface area contributed by atoms with E-state index in [0.717, 1.165) is 15.1 Å². The van der Waals surface area contributed by atoms with Gasteiger partial charge in [0.1, 0.15) is 0 Å². The maximum absolute atomic E-state index is 12.7. The van der Waals surface area contributed by atoms with Crippen molar-refractivity contribution in [3.8, 4) is 0 Å². The minimum absolute atomic E-state index is 0.0436. The Morgan fingerprint density at radius 3 is 2.44 bits per heavy atom. The van der Waals surface area contributed by atoms with Crippen LogP contribution in [0.5, 0.6) is 0 Å². The molecule has 138 valence electrons. The van der Waals surface area contributed by atoms with Crippen LogP contribution in [0.1, 0.15) is 18.4 Å². The quantitative estimate of drug-likeness (QED) is 0.678. The molecule has 1 aliphatic heterocycles. The molecule has 3 aromatic rings. The third kappa shape index (κ3) is 3.19. The molecule has 0 aliphatic carbocycles. The summed E-state index contributed by atoms with van der Waals surface area (Å²) in [5, 5.41) is 0.280. The molecule has 1 N–H and O–H groups in total. The summed E-state index contributed by atoms with van der Waals surface area (Å²) in [4.78, 5) is 29.3. The Kier molecular flexibility index (Phi) is 4.20. The Balaban J connectivity index is 1.64. The lowest BCUT2D eigenvalue weighted by molar-refractivity contribution is -0.121. The normalized spacial score (nSPS) is 14.9. The first-order chi connectivity index (χ1) is 12.8. The molecule has 1 saturated heterocycles. The monoisotopic (exact) mass is 401 g/mol. The molecule has 0 radical (unpaired) electrons. The SMILES string of the molecule is Cc1cc(S(=O)(=O)Nc2nc3ccccc3s2)ccc1N1C(=O)CCC1=O. The smallest absolute Gasteiger partial charge is 0.263 e. The minimum atomic E-state index is -3.84. The van der Waals surface area contributed by atoms with Gasteiger partial charge in [0.25, 0.3) is 10.0 Å². The summed E-state index contributed by atoms with van der Waals surface area (Å²) in [5.41, 5.74) is 1.67. The number of anilines is 2. The van der Waals surface area contributed by atoms with Crippen molar-refractivity contribution in [1.82, 2.24) is 4.98 Å². The van der Waals surface area contributed by atoms with Gasteiger partial charge in [-0.15, -0.1) is 0 Å². The summed E-state index contributed by atoms with van der Waals surface area (Å²) in [5.74, 6) is -0.544. The average Bonchev–Trinajstić information content (AvgIpc) is 3.17. The molecule has 7 nitrogen and oxygen atoms in total. The van der Waals surface area contributed by atoms with Crippen molar-refractivity contribution in [3.05, 3.63) is 48.0 Å². The second kappa shape index (κ2) is 6.43. The van der Waals surface area contributed by atoms with E-state index in [1.165, 1.54) is 29.5 Å². The van der Waals surface area contributed by atoms with Gasteiger partial charge in [0.05, 0.1) is 20.8 Å². The Hall–Kier alpha value is -2.78. The van der Waals surface area contributed by atoms with Gasteiger partial charge >= 0.3 is 0 Å². The number of thiazole rings is 1. The standard InChI is InChI=1S/C18H15N3O4S2/c1-11-10-12(6-7-14(11)21-16(22)8-9-17(21)23)27(24,25)20-18-19-13-4-2-3-5-15(13)26-18/h2-7,10H,8-9H2,1H3,(H,19,20). The lowest BCUT2D eigenvalue weighted by atomic mass is 10.2. The van der Waals surface area contributed by atoms with Crippen LogP contribution < -0.4 is 9.62 Å². The van der Waals surface area contributed by atoms with Crippen molar-refractivity contribution < 1.29 is 18.0 Å². The van der Waals surface area contributed by atoms with Crippen molar-refractivity contribution in [2.24, 2.45) is 0 Å². The number of rotatable bonds is 4. The van der Waals surface area contributed by atoms with Crippen LogP contribution in [-0.2, 0) is 19.6 Å². The largest absolute Gasteiger partial charge is 0.274 e. The highest BCUT2D eigenvalue weighted by Gasteiger charge is 2.31. The van der Waals surface area contributed by atoms with Gasteiger partial charge in [-0.2, -0.15) is 0 Å². The lowest BCUT2D eigenvalue weighted by Crippen LogP contribution is -2.29. The van der Waals surface area contributed by atoms with E-state index >= 15 is 0 Å². The van der Waals surface area contributed by atoms with Crippen LogP contribution in [0, 0.1) is 6.92 Å². The highest BCUT2D eigenvalue weighted by Crippen LogP contribution is 2.30. The molecule has 0 atom stereocenters. The number of hydrogen-bond acceptors (Lipinski definition) is 6. The number of amides is 2. The lowest BCUT2D eigenvalue weighted by Gasteiger charge is -2.17. The molecule has 27 heavy (non-hydrogen) atoms. The molecular formula is C18H15N3O4S2. The molecule has 2 amide bonds. The van der Waals surface area contributed by atoms with E-state index in [-0.39, 0.29) is 34.7 Å². The number of hydrogen-bond donors (Lipinski definition) is 1. The number of carbonyl (C=O) groups is 2. The highest BCUT2D eigenvalue weighted by atomic mass is 32.2. The summed E-state index contributed by atoms with van der Waals surface area (Å²) in [7, 11) is -3.84. The zero-order chi connectivity index (χ0) is 19.2. The molecule has 9 heteroatoms. The van der Waals surface area contributed by atoms with E-state index in [9.17, 15) is 18.0 Å². The first-order valence-corrected chi connectivity index (χ1v) is 10.5. The van der Waals surface area contributed by atoms with E-state index < -0.39 is 10.0 Å². The zero-order valence-electron chi connectivity index (χ0n) is 14.3. The fourth-order valence-corrected chi connectivity index (χ4v) is 5.17. The van der Waals surface area contributed by atoms with Gasteiger partial charge in [-0.05, 0) is 42.8 Å². The molecule has 4 rings (SSSR count). The number of benzene rings is 2.